The molecule has 0 amide bonds. The first kappa shape index (κ1) is 13.9. The summed E-state index contributed by atoms with van der Waals surface area (Å²) < 4.78 is 5.48. The van der Waals surface area contributed by atoms with E-state index in [1.54, 1.807) is 0 Å². The maximum Gasteiger partial charge on any atom is 0.0506 e. The van der Waals surface area contributed by atoms with Crippen LogP contribution in [0.5, 0.6) is 0 Å². The summed E-state index contributed by atoms with van der Waals surface area (Å²) in [6, 6.07) is 9.28. The lowest BCUT2D eigenvalue weighted by Crippen LogP contribution is -2.48. The maximum atomic E-state index is 9.92. The maximum absolute atomic E-state index is 9.92. The van der Waals surface area contributed by atoms with E-state index in [2.05, 4.69) is 36.1 Å². The normalized spacial score (nSPS) is 25.3. The van der Waals surface area contributed by atoms with Gasteiger partial charge in [0.25, 0.3) is 0 Å². The van der Waals surface area contributed by atoms with Gasteiger partial charge < -0.3 is 14.7 Å². The minimum Gasteiger partial charge on any atom is -0.396 e. The lowest BCUT2D eigenvalue weighted by Gasteiger charge is -2.45. The highest BCUT2D eigenvalue weighted by molar-refractivity contribution is 5.56. The Morgan fingerprint density at radius 3 is 2.80 bits per heavy atom. The van der Waals surface area contributed by atoms with Crippen molar-refractivity contribution in [1.82, 2.24) is 0 Å². The van der Waals surface area contributed by atoms with Crippen molar-refractivity contribution in [1.29, 1.82) is 0 Å². The highest BCUT2D eigenvalue weighted by Gasteiger charge is 2.36. The zero-order chi connectivity index (χ0) is 14.0. The van der Waals surface area contributed by atoms with E-state index in [4.69, 9.17) is 4.74 Å². The summed E-state index contributed by atoms with van der Waals surface area (Å²) in [5.74, 6) is 0. The number of fused-ring (bicyclic) bond motifs is 1. The van der Waals surface area contributed by atoms with Crippen LogP contribution in [-0.2, 0) is 11.2 Å². The molecule has 0 radical (unpaired) electrons. The number of anilines is 1. The molecular weight excluding hydrogens is 250 g/mol. The minimum absolute atomic E-state index is 0.0109. The molecule has 2 aliphatic rings. The molecule has 1 atom stereocenters. The molecule has 0 bridgehead atoms. The third-order valence-corrected chi connectivity index (χ3v) is 5.06. The van der Waals surface area contributed by atoms with Crippen molar-refractivity contribution in [2.75, 3.05) is 31.3 Å². The fraction of sp³-hybridized carbons (Fsp3) is 0.647. The fourth-order valence-electron chi connectivity index (χ4n) is 3.53. The highest BCUT2D eigenvalue weighted by Crippen LogP contribution is 2.37. The first-order valence-electron chi connectivity index (χ1n) is 7.77. The van der Waals surface area contributed by atoms with Gasteiger partial charge in [0, 0.05) is 36.9 Å². The van der Waals surface area contributed by atoms with Gasteiger partial charge in [0.1, 0.15) is 0 Å². The molecule has 2 heterocycles. The monoisotopic (exact) mass is 275 g/mol. The Kier molecular flexibility index (Phi) is 3.99. The van der Waals surface area contributed by atoms with Crippen LogP contribution in [0.3, 0.4) is 0 Å². The molecule has 3 rings (SSSR count). The molecule has 110 valence electrons. The molecule has 1 unspecified atom stereocenters. The minimum atomic E-state index is 0.0109. The van der Waals surface area contributed by atoms with E-state index in [0.29, 0.717) is 6.04 Å². The first-order chi connectivity index (χ1) is 9.74. The van der Waals surface area contributed by atoms with Gasteiger partial charge in [0.05, 0.1) is 6.61 Å². The van der Waals surface area contributed by atoms with Crippen molar-refractivity contribution >= 4 is 5.69 Å². The smallest absolute Gasteiger partial charge is 0.0506 e. The molecule has 0 spiro atoms. The molecule has 0 saturated carbocycles. The Labute approximate surface area is 121 Å². The van der Waals surface area contributed by atoms with Crippen molar-refractivity contribution in [2.45, 2.75) is 38.6 Å². The molecule has 1 aromatic rings. The van der Waals surface area contributed by atoms with Gasteiger partial charge in [-0.25, -0.2) is 0 Å². The van der Waals surface area contributed by atoms with Crippen LogP contribution in [0.25, 0.3) is 0 Å². The zero-order valence-corrected chi connectivity index (χ0v) is 12.3. The van der Waals surface area contributed by atoms with E-state index in [9.17, 15) is 5.11 Å². The number of aliphatic hydroxyl groups excluding tert-OH is 1. The van der Waals surface area contributed by atoms with Gasteiger partial charge in [-0.2, -0.15) is 0 Å². The van der Waals surface area contributed by atoms with Crippen molar-refractivity contribution < 1.29 is 9.84 Å². The topological polar surface area (TPSA) is 32.7 Å². The molecule has 20 heavy (non-hydrogen) atoms. The molecule has 1 fully saturated rings. The molecular formula is C17H25NO2. The van der Waals surface area contributed by atoms with Gasteiger partial charge in [-0.1, -0.05) is 18.2 Å². The summed E-state index contributed by atoms with van der Waals surface area (Å²) in [6.45, 7) is 5.09. The Hall–Kier alpha value is -1.06. The van der Waals surface area contributed by atoms with Crippen molar-refractivity contribution in [3.05, 3.63) is 29.8 Å². The molecule has 3 nitrogen and oxygen atoms in total. The van der Waals surface area contributed by atoms with Gasteiger partial charge in [0.15, 0.2) is 0 Å². The second-order valence-corrected chi connectivity index (χ2v) is 6.41. The predicted molar refractivity (Wildman–Crippen MR) is 81.1 cm³/mol. The number of aliphatic hydroxyl groups is 1. The zero-order valence-electron chi connectivity index (χ0n) is 12.3. The predicted octanol–water partition coefficient (Wildman–Crippen LogP) is 2.62. The van der Waals surface area contributed by atoms with E-state index < -0.39 is 0 Å². The number of nitrogens with zero attached hydrogens (tertiary/aromatic N) is 1. The number of para-hydroxylation sites is 1. The van der Waals surface area contributed by atoms with Crippen LogP contribution in [-0.4, -0.2) is 37.5 Å². The standard InChI is InChI=1S/C17H25NO2/c1-14-6-7-15-4-2-3-5-16(15)18(14)12-17(13-19)8-10-20-11-9-17/h2-5,14,19H,6-13H2,1H3. The van der Waals surface area contributed by atoms with Crippen molar-refractivity contribution in [2.24, 2.45) is 5.41 Å². The van der Waals surface area contributed by atoms with E-state index in [1.165, 1.54) is 24.1 Å². The summed E-state index contributed by atoms with van der Waals surface area (Å²) in [6.07, 6.45) is 4.31. The lowest BCUT2D eigenvalue weighted by molar-refractivity contribution is -0.0127. The van der Waals surface area contributed by atoms with Crippen LogP contribution in [0.2, 0.25) is 0 Å². The Bertz CT molecular complexity index is 454. The Morgan fingerprint density at radius 2 is 2.05 bits per heavy atom. The van der Waals surface area contributed by atoms with Crippen LogP contribution in [0.15, 0.2) is 24.3 Å². The van der Waals surface area contributed by atoms with Crippen LogP contribution < -0.4 is 4.90 Å². The number of hydrogen-bond donors (Lipinski definition) is 1. The molecule has 1 aromatic carbocycles. The number of rotatable bonds is 3. The van der Waals surface area contributed by atoms with Gasteiger partial charge in [-0.15, -0.1) is 0 Å². The van der Waals surface area contributed by atoms with E-state index in [1.807, 2.05) is 0 Å². The van der Waals surface area contributed by atoms with Gasteiger partial charge in [-0.05, 0) is 44.2 Å². The van der Waals surface area contributed by atoms with Crippen molar-refractivity contribution in [3.63, 3.8) is 0 Å². The average Bonchev–Trinajstić information content (AvgIpc) is 2.51. The molecule has 0 aliphatic carbocycles. The third-order valence-electron chi connectivity index (χ3n) is 5.06. The summed E-state index contributed by atoms with van der Waals surface area (Å²) >= 11 is 0. The number of benzene rings is 1. The molecule has 3 heteroatoms. The number of ether oxygens (including phenoxy) is 1. The van der Waals surface area contributed by atoms with E-state index in [-0.39, 0.29) is 12.0 Å². The molecule has 1 N–H and O–H groups in total. The molecule has 1 saturated heterocycles. The second kappa shape index (κ2) is 5.74. The summed E-state index contributed by atoms with van der Waals surface area (Å²) in [4.78, 5) is 2.51. The number of hydrogen-bond acceptors (Lipinski definition) is 3. The van der Waals surface area contributed by atoms with Crippen LogP contribution in [0, 0.1) is 5.41 Å². The quantitative estimate of drug-likeness (QED) is 0.920. The summed E-state index contributed by atoms with van der Waals surface area (Å²) in [5.41, 5.74) is 2.83. The largest absolute Gasteiger partial charge is 0.396 e. The Morgan fingerprint density at radius 1 is 1.30 bits per heavy atom. The second-order valence-electron chi connectivity index (χ2n) is 6.41. The summed E-state index contributed by atoms with van der Waals surface area (Å²) in [5, 5.41) is 9.92. The fourth-order valence-corrected chi connectivity index (χ4v) is 3.53. The Balaban J connectivity index is 1.85. The molecule has 2 aliphatic heterocycles. The third kappa shape index (κ3) is 2.57. The van der Waals surface area contributed by atoms with Crippen LogP contribution >= 0.6 is 0 Å². The highest BCUT2D eigenvalue weighted by atomic mass is 16.5. The van der Waals surface area contributed by atoms with Gasteiger partial charge in [-0.3, -0.25) is 0 Å². The SMILES string of the molecule is CC1CCc2ccccc2N1CC1(CO)CCOCC1. The average molecular weight is 275 g/mol. The van der Waals surface area contributed by atoms with Crippen LogP contribution in [0.1, 0.15) is 31.7 Å². The molecule has 0 aromatic heterocycles. The first-order valence-corrected chi connectivity index (χ1v) is 7.77. The summed E-state index contributed by atoms with van der Waals surface area (Å²) in [7, 11) is 0. The lowest BCUT2D eigenvalue weighted by atomic mass is 9.79. The van der Waals surface area contributed by atoms with E-state index >= 15 is 0 Å². The number of aryl methyl sites for hydroxylation is 1. The van der Waals surface area contributed by atoms with Crippen LogP contribution in [0.4, 0.5) is 5.69 Å². The van der Waals surface area contributed by atoms with Gasteiger partial charge in [0.2, 0.25) is 0 Å². The van der Waals surface area contributed by atoms with Gasteiger partial charge >= 0.3 is 0 Å². The van der Waals surface area contributed by atoms with Crippen molar-refractivity contribution in [3.8, 4) is 0 Å². The van der Waals surface area contributed by atoms with E-state index in [0.717, 1.165) is 32.6 Å².